The smallest absolute Gasteiger partial charge is 0.107 e. The summed E-state index contributed by atoms with van der Waals surface area (Å²) >= 11 is 0. The molecular formula is C4H7OPY. The molecule has 1 nitrogen and oxygen atoms in total. The van der Waals surface area contributed by atoms with Gasteiger partial charge in [-0.15, -0.1) is 8.58 Å². The third-order valence-corrected chi connectivity index (χ3v) is 0.875. The van der Waals surface area contributed by atoms with E-state index in [9.17, 15) is 0 Å². The summed E-state index contributed by atoms with van der Waals surface area (Å²) in [7, 11) is 0.831. The van der Waals surface area contributed by atoms with E-state index in [0.717, 1.165) is 14.7 Å². The Morgan fingerprint density at radius 3 is 2.43 bits per heavy atom. The van der Waals surface area contributed by atoms with Gasteiger partial charge in [0.1, 0.15) is 6.11 Å². The molecule has 0 fully saturated rings. The zero-order valence-corrected chi connectivity index (χ0v) is 8.07. The van der Waals surface area contributed by atoms with Crippen LogP contribution in [-0.2, 0) is 32.7 Å². The molecule has 1 unspecified atom stereocenters. The molecule has 0 heterocycles. The van der Waals surface area contributed by atoms with Gasteiger partial charge in [-0.25, -0.2) is 0 Å². The third-order valence-electron chi connectivity index (χ3n) is 0.344. The Morgan fingerprint density at radius 2 is 2.29 bits per heavy atom. The molecule has 1 N–H and O–H groups in total. The summed E-state index contributed by atoms with van der Waals surface area (Å²) in [4.78, 5) is 0. The van der Waals surface area contributed by atoms with Crippen molar-refractivity contribution in [1.29, 1.82) is 0 Å². The average Bonchev–Trinajstić information content (AvgIpc) is 1.61. The van der Waals surface area contributed by atoms with Crippen molar-refractivity contribution in [3.63, 3.8) is 0 Å². The minimum absolute atomic E-state index is 0. The van der Waals surface area contributed by atoms with Crippen LogP contribution in [0, 0.1) is 12.0 Å². The molecule has 1 atom stereocenters. The number of rotatable bonds is 1. The van der Waals surface area contributed by atoms with Gasteiger partial charge in [0.2, 0.25) is 0 Å². The summed E-state index contributed by atoms with van der Waals surface area (Å²) in [5.41, 5.74) is 0. The molecule has 0 spiro atoms. The van der Waals surface area contributed by atoms with Crippen LogP contribution in [0.5, 0.6) is 0 Å². The van der Waals surface area contributed by atoms with Crippen LogP contribution in [0.25, 0.3) is 0 Å². The van der Waals surface area contributed by atoms with Gasteiger partial charge in [-0.1, -0.05) is 5.92 Å². The fourth-order valence-corrected chi connectivity index (χ4v) is 0.384. The minimum atomic E-state index is 0. The summed E-state index contributed by atoms with van der Waals surface area (Å²) < 4.78 is 0. The Bertz CT molecular complexity index is 73.5. The van der Waals surface area contributed by atoms with Crippen LogP contribution in [0.4, 0.5) is 0 Å². The van der Waals surface area contributed by atoms with Gasteiger partial charge >= 0.3 is 0 Å². The normalized spacial score (nSPS) is 7.00. The van der Waals surface area contributed by atoms with E-state index in [1.165, 1.54) is 0 Å². The molecule has 0 aliphatic rings. The predicted octanol–water partition coefficient (Wildman–Crippen LogP) is 0.626. The van der Waals surface area contributed by atoms with Crippen LogP contribution in [0.1, 0.15) is 0 Å². The second-order valence-electron chi connectivity index (χ2n) is 0.819. The van der Waals surface area contributed by atoms with Crippen LogP contribution in [-0.4, -0.2) is 17.9 Å². The predicted molar refractivity (Wildman–Crippen MR) is 28.8 cm³/mol. The van der Waals surface area contributed by atoms with Crippen molar-refractivity contribution >= 4 is 8.58 Å². The van der Waals surface area contributed by atoms with Gasteiger partial charge < -0.3 is 5.11 Å². The van der Waals surface area contributed by atoms with Crippen LogP contribution in [0.2, 0.25) is 0 Å². The zero-order chi connectivity index (χ0) is 4.83. The van der Waals surface area contributed by atoms with Gasteiger partial charge in [0.05, 0.1) is 0 Å². The van der Waals surface area contributed by atoms with Crippen LogP contribution >= 0.6 is 8.58 Å². The first-order valence-electron chi connectivity index (χ1n) is 1.68. The van der Waals surface area contributed by atoms with Crippen molar-refractivity contribution in [2.75, 3.05) is 12.8 Å². The molecule has 0 aromatic heterocycles. The molecular weight excluding hydrogens is 184 g/mol. The van der Waals surface area contributed by atoms with Gasteiger partial charge in [0, 0.05) is 38.9 Å². The van der Waals surface area contributed by atoms with E-state index in [4.69, 9.17) is 5.11 Å². The minimum Gasteiger partial charge on any atom is -0.462 e. The standard InChI is InChI=1S/C4H7OP.Y/c1-6-4-2-3-5;/h5-6H,4H2,1H3;. The van der Waals surface area contributed by atoms with Crippen LogP contribution < -0.4 is 0 Å². The summed E-state index contributed by atoms with van der Waals surface area (Å²) in [5, 5.41) is 7.84. The van der Waals surface area contributed by atoms with E-state index >= 15 is 0 Å². The molecule has 0 bridgehead atoms. The molecule has 1 radical (unpaired) electrons. The fourth-order valence-electron chi connectivity index (χ4n) is 0.128. The van der Waals surface area contributed by atoms with Gasteiger partial charge in [-0.3, -0.25) is 0 Å². The van der Waals surface area contributed by atoms with Gasteiger partial charge in [0.25, 0.3) is 0 Å². The van der Waals surface area contributed by atoms with Crippen molar-refractivity contribution in [3.05, 3.63) is 0 Å². The molecule has 0 aliphatic carbocycles. The SMILES string of the molecule is CPCC#CO.[Y]. The average molecular weight is 191 g/mol. The summed E-state index contributed by atoms with van der Waals surface area (Å²) in [6.07, 6.45) is 2.66. The maximum Gasteiger partial charge on any atom is 0.107 e. The topological polar surface area (TPSA) is 20.2 Å². The first-order chi connectivity index (χ1) is 2.91. The summed E-state index contributed by atoms with van der Waals surface area (Å²) in [5.74, 6) is 2.52. The van der Waals surface area contributed by atoms with E-state index in [2.05, 4.69) is 5.92 Å². The first-order valence-corrected chi connectivity index (χ1v) is 3.39. The second-order valence-corrected chi connectivity index (χ2v) is 1.88. The number of aliphatic hydroxyl groups is 1. The quantitative estimate of drug-likeness (QED) is 0.475. The second kappa shape index (κ2) is 10.00. The van der Waals surface area contributed by atoms with Crippen molar-refractivity contribution in [3.8, 4) is 12.0 Å². The molecule has 0 amide bonds. The summed E-state index contributed by atoms with van der Waals surface area (Å²) in [6.45, 7) is 2.05. The molecule has 3 heteroatoms. The van der Waals surface area contributed by atoms with E-state index < -0.39 is 0 Å². The molecule has 0 aliphatic heterocycles. The van der Waals surface area contributed by atoms with Crippen LogP contribution in [0.15, 0.2) is 0 Å². The number of aliphatic hydroxyl groups excluding tert-OH is 1. The monoisotopic (exact) mass is 191 g/mol. The maximum atomic E-state index is 7.84. The van der Waals surface area contributed by atoms with E-state index in [1.54, 1.807) is 0 Å². The van der Waals surface area contributed by atoms with Crippen LogP contribution in [0.3, 0.4) is 0 Å². The molecule has 0 aromatic rings. The van der Waals surface area contributed by atoms with E-state index in [1.807, 2.05) is 12.8 Å². The van der Waals surface area contributed by atoms with Crippen molar-refractivity contribution in [1.82, 2.24) is 0 Å². The molecule has 0 saturated heterocycles. The summed E-state index contributed by atoms with van der Waals surface area (Å²) in [6, 6.07) is 0. The largest absolute Gasteiger partial charge is 0.462 e. The molecule has 37 valence electrons. The van der Waals surface area contributed by atoms with Crippen molar-refractivity contribution < 1.29 is 37.8 Å². The fraction of sp³-hybridized carbons (Fsp3) is 0.500. The molecule has 0 aromatic carbocycles. The Hall–Kier alpha value is 0.894. The molecule has 7 heavy (non-hydrogen) atoms. The third kappa shape index (κ3) is 10.9. The number of hydrogen-bond acceptors (Lipinski definition) is 1. The maximum absolute atomic E-state index is 7.84. The van der Waals surface area contributed by atoms with E-state index in [0.29, 0.717) is 0 Å². The Labute approximate surface area is 70.9 Å². The van der Waals surface area contributed by atoms with Crippen molar-refractivity contribution in [2.24, 2.45) is 0 Å². The molecule has 0 saturated carbocycles. The number of hydrogen-bond donors (Lipinski definition) is 1. The van der Waals surface area contributed by atoms with Gasteiger partial charge in [-0.2, -0.15) is 0 Å². The van der Waals surface area contributed by atoms with Gasteiger partial charge in [-0.05, 0) is 6.66 Å². The van der Waals surface area contributed by atoms with Crippen molar-refractivity contribution in [2.45, 2.75) is 0 Å². The van der Waals surface area contributed by atoms with E-state index in [-0.39, 0.29) is 32.7 Å². The first kappa shape index (κ1) is 10.8. The molecule has 0 rings (SSSR count). The Balaban J connectivity index is 0. The Morgan fingerprint density at radius 1 is 1.71 bits per heavy atom. The Kier molecular flexibility index (Phi) is 15.4. The van der Waals surface area contributed by atoms with Gasteiger partial charge in [0.15, 0.2) is 0 Å². The zero-order valence-electron chi connectivity index (χ0n) is 4.23.